The molecule has 3 N–H and O–H groups in total. The average Bonchev–Trinajstić information content (AvgIpc) is 2.90. The predicted molar refractivity (Wildman–Crippen MR) is 66.0 cm³/mol. The number of hydrogen-bond donors (Lipinski definition) is 3. The van der Waals surface area contributed by atoms with E-state index < -0.39 is 0 Å². The summed E-state index contributed by atoms with van der Waals surface area (Å²) in [4.78, 5) is 19.9. The molecule has 0 radical (unpaired) electrons. The molecule has 2 aromatic rings. The Kier molecular flexibility index (Phi) is 3.85. The molecule has 0 aliphatic heterocycles. The van der Waals surface area contributed by atoms with Gasteiger partial charge in [0, 0.05) is 6.54 Å². The topological polar surface area (TPSA) is 95.6 Å². The molecule has 0 aliphatic rings. The molecule has 0 saturated heterocycles. The van der Waals surface area contributed by atoms with Crippen molar-refractivity contribution in [1.82, 2.24) is 25.5 Å². The highest BCUT2D eigenvalue weighted by atomic mass is 16.1. The number of rotatable bonds is 5. The van der Waals surface area contributed by atoms with Crippen LogP contribution in [-0.2, 0) is 6.54 Å². The molecule has 1 amide bonds. The first-order valence-corrected chi connectivity index (χ1v) is 5.63. The predicted octanol–water partition coefficient (Wildman–Crippen LogP) is 0.561. The lowest BCUT2D eigenvalue weighted by atomic mass is 10.3. The molecule has 0 saturated carbocycles. The van der Waals surface area contributed by atoms with E-state index in [4.69, 9.17) is 0 Å². The molecule has 0 atom stereocenters. The lowest BCUT2D eigenvalue weighted by molar-refractivity contribution is 0.0945. The Balaban J connectivity index is 1.97. The van der Waals surface area contributed by atoms with Crippen molar-refractivity contribution < 1.29 is 4.79 Å². The highest BCUT2D eigenvalue weighted by Gasteiger charge is 2.08. The smallest absolute Gasteiger partial charge is 0.270 e. The molecular weight excluding hydrogens is 232 g/mol. The molecule has 18 heavy (non-hydrogen) atoms. The quantitative estimate of drug-likeness (QED) is 0.716. The largest absolute Gasteiger partial charge is 0.370 e. The number of hydrogen-bond acceptors (Lipinski definition) is 5. The molecule has 94 valence electrons. The third-order valence-corrected chi connectivity index (χ3v) is 2.22. The summed E-state index contributed by atoms with van der Waals surface area (Å²) in [6, 6.07) is 5.27. The SMILES string of the molecule is CCNc1cccc(C(=O)NCc2ncn[nH]2)n1. The van der Waals surface area contributed by atoms with Gasteiger partial charge in [0.05, 0.1) is 6.54 Å². The first-order valence-electron chi connectivity index (χ1n) is 5.63. The van der Waals surface area contributed by atoms with Crippen LogP contribution in [0.4, 0.5) is 5.82 Å². The number of anilines is 1. The van der Waals surface area contributed by atoms with Crippen molar-refractivity contribution in [2.45, 2.75) is 13.5 Å². The van der Waals surface area contributed by atoms with Crippen LogP contribution < -0.4 is 10.6 Å². The zero-order chi connectivity index (χ0) is 12.8. The third kappa shape index (κ3) is 3.03. The number of nitrogens with one attached hydrogen (secondary N) is 3. The van der Waals surface area contributed by atoms with Gasteiger partial charge < -0.3 is 10.6 Å². The zero-order valence-corrected chi connectivity index (χ0v) is 9.97. The maximum Gasteiger partial charge on any atom is 0.270 e. The molecule has 7 nitrogen and oxygen atoms in total. The maximum absolute atomic E-state index is 11.8. The van der Waals surface area contributed by atoms with Crippen LogP contribution >= 0.6 is 0 Å². The summed E-state index contributed by atoms with van der Waals surface area (Å²) in [5, 5.41) is 12.1. The van der Waals surface area contributed by atoms with Crippen molar-refractivity contribution in [3.8, 4) is 0 Å². The van der Waals surface area contributed by atoms with E-state index in [2.05, 4.69) is 30.8 Å². The lowest BCUT2D eigenvalue weighted by Gasteiger charge is -2.05. The first kappa shape index (κ1) is 12.0. The second-order valence-corrected chi connectivity index (χ2v) is 3.55. The van der Waals surface area contributed by atoms with E-state index in [1.54, 1.807) is 12.1 Å². The van der Waals surface area contributed by atoms with Gasteiger partial charge >= 0.3 is 0 Å². The van der Waals surface area contributed by atoms with Crippen LogP contribution in [0.25, 0.3) is 0 Å². The summed E-state index contributed by atoms with van der Waals surface area (Å²) < 4.78 is 0. The number of carbonyl (C=O) groups is 1. The van der Waals surface area contributed by atoms with Gasteiger partial charge in [-0.3, -0.25) is 9.89 Å². The molecule has 0 aromatic carbocycles. The summed E-state index contributed by atoms with van der Waals surface area (Å²) in [7, 11) is 0. The van der Waals surface area contributed by atoms with Gasteiger partial charge in [-0.2, -0.15) is 5.10 Å². The summed E-state index contributed by atoms with van der Waals surface area (Å²) in [5.41, 5.74) is 0.368. The molecule has 0 spiro atoms. The maximum atomic E-state index is 11.8. The van der Waals surface area contributed by atoms with Crippen molar-refractivity contribution in [2.24, 2.45) is 0 Å². The van der Waals surface area contributed by atoms with Crippen molar-refractivity contribution >= 4 is 11.7 Å². The fourth-order valence-electron chi connectivity index (χ4n) is 1.41. The van der Waals surface area contributed by atoms with E-state index in [9.17, 15) is 4.79 Å². The molecule has 2 rings (SSSR count). The molecule has 0 fully saturated rings. The average molecular weight is 246 g/mol. The Morgan fingerprint density at radius 3 is 3.06 bits per heavy atom. The van der Waals surface area contributed by atoms with Gasteiger partial charge in [0.2, 0.25) is 0 Å². The van der Waals surface area contributed by atoms with Crippen LogP contribution in [0.15, 0.2) is 24.5 Å². The number of H-pyrrole nitrogens is 1. The Hall–Kier alpha value is -2.44. The van der Waals surface area contributed by atoms with Gasteiger partial charge in [-0.1, -0.05) is 6.07 Å². The number of nitrogens with zero attached hydrogens (tertiary/aromatic N) is 3. The third-order valence-electron chi connectivity index (χ3n) is 2.22. The number of aromatic amines is 1. The summed E-state index contributed by atoms with van der Waals surface area (Å²) in [5.74, 6) is 1.04. The number of pyridine rings is 1. The second-order valence-electron chi connectivity index (χ2n) is 3.55. The van der Waals surface area contributed by atoms with Gasteiger partial charge in [0.1, 0.15) is 23.7 Å². The molecule has 0 bridgehead atoms. The van der Waals surface area contributed by atoms with E-state index in [-0.39, 0.29) is 5.91 Å². The monoisotopic (exact) mass is 246 g/mol. The minimum atomic E-state index is -0.244. The number of amides is 1. The lowest BCUT2D eigenvalue weighted by Crippen LogP contribution is -2.24. The van der Waals surface area contributed by atoms with Crippen LogP contribution in [0.1, 0.15) is 23.2 Å². The number of aromatic nitrogens is 4. The Morgan fingerprint density at radius 2 is 2.33 bits per heavy atom. The Morgan fingerprint density at radius 1 is 1.44 bits per heavy atom. The summed E-state index contributed by atoms with van der Waals surface area (Å²) in [6.07, 6.45) is 1.39. The van der Waals surface area contributed by atoms with E-state index >= 15 is 0 Å². The van der Waals surface area contributed by atoms with Crippen molar-refractivity contribution in [2.75, 3.05) is 11.9 Å². The van der Waals surface area contributed by atoms with Crippen LogP contribution in [0, 0.1) is 0 Å². The molecule has 0 aliphatic carbocycles. The second kappa shape index (κ2) is 5.76. The highest BCUT2D eigenvalue weighted by molar-refractivity contribution is 5.92. The number of carbonyl (C=O) groups excluding carboxylic acids is 1. The Bertz CT molecular complexity index is 510. The minimum absolute atomic E-state index is 0.244. The minimum Gasteiger partial charge on any atom is -0.370 e. The van der Waals surface area contributed by atoms with Crippen molar-refractivity contribution in [3.63, 3.8) is 0 Å². The molecule has 7 heteroatoms. The standard InChI is InChI=1S/C11H14N6O/c1-2-12-9-5-3-4-8(16-9)11(18)13-6-10-14-7-15-17-10/h3-5,7H,2,6H2,1H3,(H,12,16)(H,13,18)(H,14,15,17). The van der Waals surface area contributed by atoms with E-state index in [0.29, 0.717) is 23.9 Å². The summed E-state index contributed by atoms with van der Waals surface area (Å²) in [6.45, 7) is 3.03. The van der Waals surface area contributed by atoms with Crippen LogP contribution in [0.5, 0.6) is 0 Å². The summed E-state index contributed by atoms with van der Waals surface area (Å²) >= 11 is 0. The fraction of sp³-hybridized carbons (Fsp3) is 0.273. The fourth-order valence-corrected chi connectivity index (χ4v) is 1.41. The molecular formula is C11H14N6O. The zero-order valence-electron chi connectivity index (χ0n) is 9.97. The highest BCUT2D eigenvalue weighted by Crippen LogP contribution is 2.04. The van der Waals surface area contributed by atoms with Crippen LogP contribution in [0.3, 0.4) is 0 Å². The molecule has 2 aromatic heterocycles. The Labute approximate surface area is 104 Å². The first-order chi connectivity index (χ1) is 8.79. The van der Waals surface area contributed by atoms with Gasteiger partial charge in [0.25, 0.3) is 5.91 Å². The van der Waals surface area contributed by atoms with E-state index in [0.717, 1.165) is 6.54 Å². The van der Waals surface area contributed by atoms with Gasteiger partial charge in [0.15, 0.2) is 0 Å². The van der Waals surface area contributed by atoms with Crippen molar-refractivity contribution in [3.05, 3.63) is 36.0 Å². The van der Waals surface area contributed by atoms with Gasteiger partial charge in [-0.15, -0.1) is 0 Å². The van der Waals surface area contributed by atoms with Gasteiger partial charge in [-0.25, -0.2) is 9.97 Å². The van der Waals surface area contributed by atoms with Crippen LogP contribution in [0.2, 0.25) is 0 Å². The van der Waals surface area contributed by atoms with E-state index in [1.165, 1.54) is 6.33 Å². The normalized spacial score (nSPS) is 10.1. The molecule has 2 heterocycles. The molecule has 0 unspecified atom stereocenters. The van der Waals surface area contributed by atoms with Crippen molar-refractivity contribution in [1.29, 1.82) is 0 Å². The van der Waals surface area contributed by atoms with Crippen LogP contribution in [-0.4, -0.2) is 32.6 Å². The van der Waals surface area contributed by atoms with E-state index in [1.807, 2.05) is 13.0 Å². The van der Waals surface area contributed by atoms with Gasteiger partial charge in [-0.05, 0) is 19.1 Å².